The highest BCUT2D eigenvalue weighted by Gasteiger charge is 2.18. The lowest BCUT2D eigenvalue weighted by atomic mass is 10.3. The molecule has 0 saturated heterocycles. The first-order valence-corrected chi connectivity index (χ1v) is 6.92. The summed E-state index contributed by atoms with van der Waals surface area (Å²) in [5.41, 5.74) is -0.405. The molecule has 1 amide bonds. The van der Waals surface area contributed by atoms with Crippen molar-refractivity contribution in [2.75, 3.05) is 5.32 Å². The molecule has 0 spiro atoms. The van der Waals surface area contributed by atoms with Crippen LogP contribution in [0.5, 0.6) is 0 Å². The van der Waals surface area contributed by atoms with Crippen LogP contribution in [0.4, 0.5) is 14.5 Å². The van der Waals surface area contributed by atoms with Gasteiger partial charge in [-0.15, -0.1) is 11.8 Å². The Morgan fingerprint density at radius 2 is 1.65 bits per heavy atom. The number of nitrogens with one attached hydrogen (secondary N) is 1. The molecular formula is C15H13F2NOS. The fourth-order valence-corrected chi connectivity index (χ4v) is 2.49. The van der Waals surface area contributed by atoms with Crippen molar-refractivity contribution in [2.45, 2.75) is 17.1 Å². The number of benzene rings is 2. The van der Waals surface area contributed by atoms with Crippen molar-refractivity contribution in [1.82, 2.24) is 0 Å². The highest BCUT2D eigenvalue weighted by Crippen LogP contribution is 2.25. The minimum absolute atomic E-state index is 0.405. The Labute approximate surface area is 120 Å². The molecule has 0 heterocycles. The molecule has 1 unspecified atom stereocenters. The van der Waals surface area contributed by atoms with Gasteiger partial charge in [0.2, 0.25) is 5.91 Å². The maximum absolute atomic E-state index is 13.4. The number of anilines is 1. The van der Waals surface area contributed by atoms with E-state index in [0.717, 1.165) is 17.0 Å². The maximum Gasteiger partial charge on any atom is 0.237 e. The third kappa shape index (κ3) is 3.57. The lowest BCUT2D eigenvalue weighted by Gasteiger charge is -2.13. The van der Waals surface area contributed by atoms with E-state index in [1.807, 2.05) is 30.3 Å². The van der Waals surface area contributed by atoms with Gasteiger partial charge in [-0.3, -0.25) is 4.79 Å². The van der Waals surface area contributed by atoms with Gasteiger partial charge in [-0.05, 0) is 31.2 Å². The van der Waals surface area contributed by atoms with Crippen molar-refractivity contribution < 1.29 is 13.6 Å². The second-order valence-electron chi connectivity index (χ2n) is 4.16. The monoisotopic (exact) mass is 293 g/mol. The van der Waals surface area contributed by atoms with Gasteiger partial charge in [0.15, 0.2) is 0 Å². The number of carbonyl (C=O) groups excluding carboxylic acids is 1. The fraction of sp³-hybridized carbons (Fsp3) is 0.133. The Kier molecular flexibility index (Phi) is 4.74. The lowest BCUT2D eigenvalue weighted by molar-refractivity contribution is -0.115. The first-order chi connectivity index (χ1) is 9.58. The van der Waals surface area contributed by atoms with Crippen LogP contribution < -0.4 is 5.32 Å². The first-order valence-electron chi connectivity index (χ1n) is 6.04. The number of para-hydroxylation sites is 1. The van der Waals surface area contributed by atoms with Crippen molar-refractivity contribution in [1.29, 1.82) is 0 Å². The molecular weight excluding hydrogens is 280 g/mol. The molecule has 2 rings (SSSR count). The average Bonchev–Trinajstić information content (AvgIpc) is 2.44. The molecule has 2 aromatic carbocycles. The predicted octanol–water partition coefficient (Wildman–Crippen LogP) is 4.08. The summed E-state index contributed by atoms with van der Waals surface area (Å²) in [6.45, 7) is 1.69. The Hall–Kier alpha value is -1.88. The van der Waals surface area contributed by atoms with Crippen LogP contribution in [0.25, 0.3) is 0 Å². The van der Waals surface area contributed by atoms with Crippen molar-refractivity contribution in [3.63, 3.8) is 0 Å². The highest BCUT2D eigenvalue weighted by atomic mass is 32.2. The lowest BCUT2D eigenvalue weighted by Crippen LogP contribution is -2.23. The molecule has 0 bridgehead atoms. The van der Waals surface area contributed by atoms with E-state index in [9.17, 15) is 13.6 Å². The summed E-state index contributed by atoms with van der Waals surface area (Å²) in [5.74, 6) is -2.01. The Balaban J connectivity index is 2.05. The van der Waals surface area contributed by atoms with E-state index in [0.29, 0.717) is 0 Å². The Bertz CT molecular complexity index is 584. The quantitative estimate of drug-likeness (QED) is 0.860. The number of rotatable bonds is 4. The van der Waals surface area contributed by atoms with Gasteiger partial charge in [-0.25, -0.2) is 8.78 Å². The zero-order chi connectivity index (χ0) is 14.5. The topological polar surface area (TPSA) is 29.1 Å². The van der Waals surface area contributed by atoms with Gasteiger partial charge in [0.25, 0.3) is 0 Å². The van der Waals surface area contributed by atoms with E-state index in [1.165, 1.54) is 17.8 Å². The molecule has 0 aliphatic heterocycles. The number of halogens is 2. The Morgan fingerprint density at radius 3 is 2.25 bits per heavy atom. The number of hydrogen-bond donors (Lipinski definition) is 1. The van der Waals surface area contributed by atoms with Crippen molar-refractivity contribution in [2.24, 2.45) is 0 Å². The number of carbonyl (C=O) groups is 1. The molecule has 5 heteroatoms. The zero-order valence-corrected chi connectivity index (χ0v) is 11.6. The van der Waals surface area contributed by atoms with Crippen LogP contribution in [-0.2, 0) is 4.79 Å². The van der Waals surface area contributed by atoms with E-state index >= 15 is 0 Å². The number of thioether (sulfide) groups is 1. The molecule has 0 aromatic heterocycles. The summed E-state index contributed by atoms with van der Waals surface area (Å²) in [6.07, 6.45) is 0. The molecule has 2 nitrogen and oxygen atoms in total. The van der Waals surface area contributed by atoms with Gasteiger partial charge in [-0.1, -0.05) is 24.3 Å². The van der Waals surface area contributed by atoms with Gasteiger partial charge in [0.05, 0.1) is 5.25 Å². The van der Waals surface area contributed by atoms with Crippen LogP contribution in [0, 0.1) is 11.6 Å². The number of hydrogen-bond acceptors (Lipinski definition) is 2. The van der Waals surface area contributed by atoms with E-state index < -0.39 is 28.5 Å². The molecule has 1 atom stereocenters. The van der Waals surface area contributed by atoms with E-state index in [2.05, 4.69) is 5.32 Å². The third-order valence-electron chi connectivity index (χ3n) is 2.64. The summed E-state index contributed by atoms with van der Waals surface area (Å²) in [7, 11) is 0. The van der Waals surface area contributed by atoms with Gasteiger partial charge in [0.1, 0.15) is 17.3 Å². The van der Waals surface area contributed by atoms with E-state index in [1.54, 1.807) is 6.92 Å². The minimum Gasteiger partial charge on any atom is -0.320 e. The summed E-state index contributed by atoms with van der Waals surface area (Å²) >= 11 is 1.33. The van der Waals surface area contributed by atoms with Crippen LogP contribution in [-0.4, -0.2) is 11.2 Å². The maximum atomic E-state index is 13.4. The molecule has 0 aliphatic carbocycles. The molecule has 0 saturated carbocycles. The number of amides is 1. The second kappa shape index (κ2) is 6.52. The Morgan fingerprint density at radius 1 is 1.05 bits per heavy atom. The molecule has 0 radical (unpaired) electrons. The predicted molar refractivity (Wildman–Crippen MR) is 76.7 cm³/mol. The van der Waals surface area contributed by atoms with Gasteiger partial charge in [-0.2, -0.15) is 0 Å². The summed E-state index contributed by atoms with van der Waals surface area (Å²) < 4.78 is 26.9. The van der Waals surface area contributed by atoms with Crippen LogP contribution in [0.15, 0.2) is 53.4 Å². The van der Waals surface area contributed by atoms with Gasteiger partial charge in [0, 0.05) is 4.90 Å². The third-order valence-corrected chi connectivity index (χ3v) is 3.75. The standard InChI is InChI=1S/C15H13F2NOS/c1-10(20-11-6-3-2-4-7-11)15(19)18-14-12(16)8-5-9-13(14)17/h2-10H,1H3,(H,18,19). The molecule has 0 aliphatic rings. The molecule has 2 aromatic rings. The molecule has 1 N–H and O–H groups in total. The summed E-state index contributed by atoms with van der Waals surface area (Å²) in [5, 5.41) is 1.83. The first kappa shape index (κ1) is 14.5. The summed E-state index contributed by atoms with van der Waals surface area (Å²) in [6, 6.07) is 12.8. The minimum atomic E-state index is -0.782. The van der Waals surface area contributed by atoms with Crippen molar-refractivity contribution in [3.05, 3.63) is 60.2 Å². The van der Waals surface area contributed by atoms with Crippen LogP contribution in [0.1, 0.15) is 6.92 Å². The van der Waals surface area contributed by atoms with Gasteiger partial charge >= 0.3 is 0 Å². The molecule has 0 fully saturated rings. The van der Waals surface area contributed by atoms with Gasteiger partial charge < -0.3 is 5.32 Å². The SMILES string of the molecule is CC(Sc1ccccc1)C(=O)Nc1c(F)cccc1F. The normalized spacial score (nSPS) is 11.9. The molecule has 20 heavy (non-hydrogen) atoms. The van der Waals surface area contributed by atoms with E-state index in [4.69, 9.17) is 0 Å². The van der Waals surface area contributed by atoms with Crippen molar-refractivity contribution in [3.8, 4) is 0 Å². The van der Waals surface area contributed by atoms with Crippen LogP contribution in [0.3, 0.4) is 0 Å². The second-order valence-corrected chi connectivity index (χ2v) is 5.57. The van der Waals surface area contributed by atoms with Crippen LogP contribution >= 0.6 is 11.8 Å². The average molecular weight is 293 g/mol. The highest BCUT2D eigenvalue weighted by molar-refractivity contribution is 8.00. The van der Waals surface area contributed by atoms with E-state index in [-0.39, 0.29) is 0 Å². The smallest absolute Gasteiger partial charge is 0.237 e. The molecule has 104 valence electrons. The zero-order valence-electron chi connectivity index (χ0n) is 10.8. The fourth-order valence-electron chi connectivity index (χ4n) is 1.60. The van der Waals surface area contributed by atoms with Crippen molar-refractivity contribution >= 4 is 23.4 Å². The van der Waals surface area contributed by atoms with Crippen LogP contribution in [0.2, 0.25) is 0 Å². The summed E-state index contributed by atoms with van der Waals surface area (Å²) in [4.78, 5) is 12.9. The largest absolute Gasteiger partial charge is 0.320 e.